The van der Waals surface area contributed by atoms with Gasteiger partial charge < -0.3 is 9.74 Å². The summed E-state index contributed by atoms with van der Waals surface area (Å²) >= 11 is 0. The van der Waals surface area contributed by atoms with Crippen LogP contribution in [0.15, 0.2) is 22.3 Å². The van der Waals surface area contributed by atoms with Gasteiger partial charge in [-0.05, 0) is 51.0 Å². The number of hydrogen-bond acceptors (Lipinski definition) is 3. The number of rotatable bonds is 5. The van der Waals surface area contributed by atoms with Gasteiger partial charge >= 0.3 is 0 Å². The van der Waals surface area contributed by atoms with Crippen molar-refractivity contribution in [1.29, 1.82) is 0 Å². The molecule has 4 heteroatoms. The SMILES string of the molecule is CCN(C)/C=N/c1cc(C)c(/C(C)=N/OC)cc1C. The Morgan fingerprint density at radius 3 is 2.58 bits per heavy atom. The van der Waals surface area contributed by atoms with Gasteiger partial charge in [0.1, 0.15) is 7.11 Å². The third kappa shape index (κ3) is 4.09. The molecule has 0 amide bonds. The highest BCUT2D eigenvalue weighted by Crippen LogP contribution is 2.23. The third-order valence-corrected chi connectivity index (χ3v) is 3.05. The summed E-state index contributed by atoms with van der Waals surface area (Å²) in [5.41, 5.74) is 5.25. The van der Waals surface area contributed by atoms with Gasteiger partial charge in [-0.3, -0.25) is 0 Å². The Bertz CT molecular complexity index is 492. The maximum Gasteiger partial charge on any atom is 0.106 e. The molecule has 0 aromatic heterocycles. The average molecular weight is 261 g/mol. The Labute approximate surface area is 115 Å². The van der Waals surface area contributed by atoms with Crippen LogP contribution < -0.4 is 0 Å². The Balaban J connectivity index is 3.10. The molecule has 4 nitrogen and oxygen atoms in total. The van der Waals surface area contributed by atoms with Gasteiger partial charge in [0.25, 0.3) is 0 Å². The summed E-state index contributed by atoms with van der Waals surface area (Å²) < 4.78 is 0. The summed E-state index contributed by atoms with van der Waals surface area (Å²) in [6, 6.07) is 4.19. The predicted octanol–water partition coefficient (Wildman–Crippen LogP) is 3.29. The molecule has 0 radical (unpaired) electrons. The smallest absolute Gasteiger partial charge is 0.106 e. The quantitative estimate of drug-likeness (QED) is 0.463. The highest BCUT2D eigenvalue weighted by Gasteiger charge is 2.07. The lowest BCUT2D eigenvalue weighted by Crippen LogP contribution is -2.14. The Morgan fingerprint density at radius 1 is 1.32 bits per heavy atom. The zero-order valence-corrected chi connectivity index (χ0v) is 12.7. The molecule has 0 spiro atoms. The molecule has 0 aliphatic heterocycles. The van der Waals surface area contributed by atoms with Crippen molar-refractivity contribution in [2.75, 3.05) is 20.7 Å². The Hall–Kier alpha value is -1.84. The molecular weight excluding hydrogens is 238 g/mol. The van der Waals surface area contributed by atoms with Crippen LogP contribution in [0.25, 0.3) is 0 Å². The summed E-state index contributed by atoms with van der Waals surface area (Å²) in [4.78, 5) is 11.4. The van der Waals surface area contributed by atoms with Gasteiger partial charge in [0.15, 0.2) is 0 Å². The van der Waals surface area contributed by atoms with Crippen LogP contribution in [0.2, 0.25) is 0 Å². The van der Waals surface area contributed by atoms with Crippen molar-refractivity contribution in [1.82, 2.24) is 4.90 Å². The first kappa shape index (κ1) is 15.2. The third-order valence-electron chi connectivity index (χ3n) is 3.05. The van der Waals surface area contributed by atoms with E-state index in [0.717, 1.165) is 34.6 Å². The molecule has 104 valence electrons. The molecule has 19 heavy (non-hydrogen) atoms. The monoisotopic (exact) mass is 261 g/mol. The fourth-order valence-corrected chi connectivity index (χ4v) is 1.76. The van der Waals surface area contributed by atoms with E-state index in [4.69, 9.17) is 4.84 Å². The lowest BCUT2D eigenvalue weighted by molar-refractivity contribution is 0.213. The maximum atomic E-state index is 4.83. The summed E-state index contributed by atoms with van der Waals surface area (Å²) in [5.74, 6) is 0. The number of aliphatic imine (C=N–C) groups is 1. The van der Waals surface area contributed by atoms with Crippen molar-refractivity contribution in [3.05, 3.63) is 28.8 Å². The zero-order chi connectivity index (χ0) is 14.4. The molecular formula is C15H23N3O. The van der Waals surface area contributed by atoms with Crippen molar-refractivity contribution in [2.45, 2.75) is 27.7 Å². The summed E-state index contributed by atoms with van der Waals surface area (Å²) in [6.07, 6.45) is 1.86. The van der Waals surface area contributed by atoms with Crippen molar-refractivity contribution < 1.29 is 4.84 Å². The summed E-state index contributed by atoms with van der Waals surface area (Å²) in [7, 11) is 3.57. The normalized spacial score (nSPS) is 12.0. The van der Waals surface area contributed by atoms with Crippen molar-refractivity contribution >= 4 is 17.7 Å². The maximum absolute atomic E-state index is 4.83. The predicted molar refractivity (Wildman–Crippen MR) is 81.6 cm³/mol. The lowest BCUT2D eigenvalue weighted by atomic mass is 10.0. The molecule has 0 fully saturated rings. The highest BCUT2D eigenvalue weighted by molar-refractivity contribution is 6.00. The topological polar surface area (TPSA) is 37.2 Å². The van der Waals surface area contributed by atoms with E-state index in [-0.39, 0.29) is 0 Å². The molecule has 0 saturated heterocycles. The molecule has 0 unspecified atom stereocenters. The second-order valence-corrected chi connectivity index (χ2v) is 4.63. The van der Waals surface area contributed by atoms with Crippen LogP contribution >= 0.6 is 0 Å². The first-order valence-electron chi connectivity index (χ1n) is 6.43. The van der Waals surface area contributed by atoms with E-state index in [2.05, 4.69) is 43.1 Å². The van der Waals surface area contributed by atoms with Crippen LogP contribution in [0.5, 0.6) is 0 Å². The highest BCUT2D eigenvalue weighted by atomic mass is 16.6. The van der Waals surface area contributed by atoms with Gasteiger partial charge in [-0.25, -0.2) is 4.99 Å². The minimum absolute atomic E-state index is 0.879. The minimum atomic E-state index is 0.879. The van der Waals surface area contributed by atoms with Crippen LogP contribution in [-0.4, -0.2) is 37.7 Å². The van der Waals surface area contributed by atoms with Gasteiger partial charge in [0.2, 0.25) is 0 Å². The summed E-state index contributed by atoms with van der Waals surface area (Å²) in [5, 5.41) is 3.98. The number of nitrogens with zero attached hydrogens (tertiary/aromatic N) is 3. The fourth-order valence-electron chi connectivity index (χ4n) is 1.76. The molecule has 1 rings (SSSR count). The van der Waals surface area contributed by atoms with Gasteiger partial charge in [-0.15, -0.1) is 0 Å². The van der Waals surface area contributed by atoms with Gasteiger partial charge in [0.05, 0.1) is 17.7 Å². The molecule has 0 saturated carbocycles. The number of benzene rings is 1. The van der Waals surface area contributed by atoms with Crippen LogP contribution in [0.4, 0.5) is 5.69 Å². The fraction of sp³-hybridized carbons (Fsp3) is 0.467. The minimum Gasteiger partial charge on any atom is -0.399 e. The van der Waals surface area contributed by atoms with Crippen LogP contribution in [-0.2, 0) is 4.84 Å². The number of oxime groups is 1. The summed E-state index contributed by atoms with van der Waals surface area (Å²) in [6.45, 7) is 9.10. The van der Waals surface area contributed by atoms with E-state index in [0.29, 0.717) is 0 Å². The molecule has 0 N–H and O–H groups in total. The van der Waals surface area contributed by atoms with Crippen molar-refractivity contribution in [2.24, 2.45) is 10.1 Å². The van der Waals surface area contributed by atoms with Gasteiger partial charge in [-0.1, -0.05) is 5.16 Å². The van der Waals surface area contributed by atoms with Crippen LogP contribution in [0.1, 0.15) is 30.5 Å². The molecule has 0 aliphatic carbocycles. The largest absolute Gasteiger partial charge is 0.399 e. The first-order valence-corrected chi connectivity index (χ1v) is 6.43. The standard InChI is InChI=1S/C15H23N3O/c1-7-18(5)10-16-15-9-11(2)14(8-12(15)3)13(4)17-19-6/h8-10H,7H2,1-6H3/b16-10+,17-13+. The van der Waals surface area contributed by atoms with E-state index >= 15 is 0 Å². The number of hydrogen-bond donors (Lipinski definition) is 0. The molecule has 0 atom stereocenters. The van der Waals surface area contributed by atoms with E-state index in [9.17, 15) is 0 Å². The molecule has 1 aromatic rings. The van der Waals surface area contributed by atoms with Crippen molar-refractivity contribution in [3.8, 4) is 0 Å². The lowest BCUT2D eigenvalue weighted by Gasteiger charge is -2.11. The zero-order valence-electron chi connectivity index (χ0n) is 12.7. The average Bonchev–Trinajstić information content (AvgIpc) is 2.39. The van der Waals surface area contributed by atoms with Gasteiger partial charge in [-0.2, -0.15) is 0 Å². The molecule has 0 bridgehead atoms. The second kappa shape index (κ2) is 6.92. The Morgan fingerprint density at radius 2 is 2.00 bits per heavy atom. The number of aryl methyl sites for hydroxylation is 2. The molecule has 0 aliphatic rings. The molecule has 0 heterocycles. The first-order chi connectivity index (χ1) is 8.99. The van der Waals surface area contributed by atoms with Crippen molar-refractivity contribution in [3.63, 3.8) is 0 Å². The molecule has 1 aromatic carbocycles. The van der Waals surface area contributed by atoms with E-state index in [1.165, 1.54) is 0 Å². The van der Waals surface area contributed by atoms with Crippen LogP contribution in [0.3, 0.4) is 0 Å². The van der Waals surface area contributed by atoms with E-state index in [1.807, 2.05) is 25.2 Å². The van der Waals surface area contributed by atoms with Gasteiger partial charge in [0, 0.05) is 19.2 Å². The van der Waals surface area contributed by atoms with E-state index in [1.54, 1.807) is 7.11 Å². The van der Waals surface area contributed by atoms with E-state index < -0.39 is 0 Å². The Kier molecular flexibility index (Phi) is 5.55. The van der Waals surface area contributed by atoms with Crippen LogP contribution in [0, 0.1) is 13.8 Å². The second-order valence-electron chi connectivity index (χ2n) is 4.63.